The van der Waals surface area contributed by atoms with Crippen LogP contribution >= 0.6 is 11.3 Å². The number of unbranched alkanes of at least 4 members (excludes halogenated alkanes) is 1. The maximum absolute atomic E-state index is 8.85. The lowest BCUT2D eigenvalue weighted by Gasteiger charge is -2.26. The molecule has 1 saturated heterocycles. The fourth-order valence-electron chi connectivity index (χ4n) is 4.03. The van der Waals surface area contributed by atoms with E-state index < -0.39 is 6.29 Å². The quantitative estimate of drug-likeness (QED) is 0.123. The number of hydrogen-bond acceptors (Lipinski definition) is 8. The highest BCUT2D eigenvalue weighted by molar-refractivity contribution is 7.12. The molecule has 3 aromatic rings. The standard InChI is InChI=1S/C27H34N4O4S/c1-3-4-5-25(35-23-12-8-21(9-13-23)27(28)30-32)34-22-10-6-20(7-11-22)26-24(36-19(2)29-26)18-31-14-16-33-17-15-31/h6-13,25,32H,3-5,14-18H2,1-2H3,(H2,28,30). The van der Waals surface area contributed by atoms with E-state index in [4.69, 9.17) is 30.1 Å². The molecule has 9 heteroatoms. The van der Waals surface area contributed by atoms with Crippen molar-refractivity contribution in [1.29, 1.82) is 0 Å². The molecule has 1 aliphatic rings. The second-order valence-corrected chi connectivity index (χ2v) is 10.0. The second kappa shape index (κ2) is 12.7. The average molecular weight is 511 g/mol. The van der Waals surface area contributed by atoms with E-state index in [1.54, 1.807) is 35.6 Å². The van der Waals surface area contributed by atoms with Gasteiger partial charge in [0.2, 0.25) is 6.29 Å². The van der Waals surface area contributed by atoms with Crippen LogP contribution in [0.5, 0.6) is 11.5 Å². The molecule has 0 aliphatic carbocycles. The van der Waals surface area contributed by atoms with Crippen LogP contribution in [0.2, 0.25) is 0 Å². The third-order valence-electron chi connectivity index (χ3n) is 5.99. The number of oxime groups is 1. The number of amidine groups is 1. The van der Waals surface area contributed by atoms with E-state index in [0.29, 0.717) is 11.3 Å². The number of nitrogens with two attached hydrogens (primary N) is 1. The van der Waals surface area contributed by atoms with Crippen LogP contribution in [-0.2, 0) is 11.3 Å². The topological polar surface area (TPSA) is 102 Å². The predicted molar refractivity (Wildman–Crippen MR) is 142 cm³/mol. The molecule has 1 unspecified atom stereocenters. The predicted octanol–water partition coefficient (Wildman–Crippen LogP) is 5.02. The highest BCUT2D eigenvalue weighted by Crippen LogP contribution is 2.31. The number of thiazole rings is 1. The van der Waals surface area contributed by atoms with Gasteiger partial charge in [0.05, 0.1) is 23.9 Å². The number of benzene rings is 2. The van der Waals surface area contributed by atoms with E-state index >= 15 is 0 Å². The Labute approximate surface area is 216 Å². The first-order valence-electron chi connectivity index (χ1n) is 12.3. The van der Waals surface area contributed by atoms with Crippen LogP contribution in [0.15, 0.2) is 53.7 Å². The molecule has 1 aliphatic heterocycles. The van der Waals surface area contributed by atoms with E-state index in [1.165, 1.54) is 4.88 Å². The Morgan fingerprint density at radius 1 is 1.11 bits per heavy atom. The zero-order valence-electron chi connectivity index (χ0n) is 20.9. The number of aryl methyl sites for hydroxylation is 1. The number of aromatic nitrogens is 1. The van der Waals surface area contributed by atoms with Gasteiger partial charge in [-0.05, 0) is 61.9 Å². The average Bonchev–Trinajstić information content (AvgIpc) is 3.27. The fourth-order valence-corrected chi connectivity index (χ4v) is 5.03. The molecule has 3 N–H and O–H groups in total. The van der Waals surface area contributed by atoms with Crippen LogP contribution in [0.1, 0.15) is 41.6 Å². The molecule has 0 spiro atoms. The molecule has 8 nitrogen and oxygen atoms in total. The normalized spacial score (nSPS) is 15.6. The first kappa shape index (κ1) is 25.9. The van der Waals surface area contributed by atoms with Crippen molar-refractivity contribution in [1.82, 2.24) is 9.88 Å². The Kier molecular flexibility index (Phi) is 9.16. The minimum Gasteiger partial charge on any atom is -0.455 e. The molecule has 1 aromatic heterocycles. The molecular formula is C27H34N4O4S. The molecule has 0 bridgehead atoms. The van der Waals surface area contributed by atoms with E-state index in [2.05, 4.69) is 36.0 Å². The summed E-state index contributed by atoms with van der Waals surface area (Å²) >= 11 is 1.76. The summed E-state index contributed by atoms with van der Waals surface area (Å²) in [5.74, 6) is 1.46. The largest absolute Gasteiger partial charge is 0.455 e. The zero-order valence-corrected chi connectivity index (χ0v) is 21.7. The lowest BCUT2D eigenvalue weighted by atomic mass is 10.1. The molecule has 4 rings (SSSR count). The summed E-state index contributed by atoms with van der Waals surface area (Å²) in [7, 11) is 0. The van der Waals surface area contributed by atoms with Crippen molar-refractivity contribution in [2.75, 3.05) is 26.3 Å². The monoisotopic (exact) mass is 510 g/mol. The fraction of sp³-hybridized carbons (Fsp3) is 0.407. The van der Waals surface area contributed by atoms with E-state index in [-0.39, 0.29) is 5.84 Å². The Morgan fingerprint density at radius 2 is 1.75 bits per heavy atom. The first-order chi connectivity index (χ1) is 17.6. The number of nitrogens with zero attached hydrogens (tertiary/aromatic N) is 3. The van der Waals surface area contributed by atoms with Gasteiger partial charge in [-0.15, -0.1) is 11.3 Å². The first-order valence-corrected chi connectivity index (χ1v) is 13.2. The van der Waals surface area contributed by atoms with Crippen LogP contribution < -0.4 is 15.2 Å². The summed E-state index contributed by atoms with van der Waals surface area (Å²) in [5.41, 5.74) is 8.40. The molecule has 0 saturated carbocycles. The summed E-state index contributed by atoms with van der Waals surface area (Å²) in [6, 6.07) is 15.2. The zero-order chi connectivity index (χ0) is 25.3. The van der Waals surface area contributed by atoms with Crippen molar-refractivity contribution in [3.8, 4) is 22.8 Å². The molecule has 2 heterocycles. The van der Waals surface area contributed by atoms with Crippen LogP contribution in [0.3, 0.4) is 0 Å². The lowest BCUT2D eigenvalue weighted by molar-refractivity contribution is -0.00211. The molecule has 192 valence electrons. The van der Waals surface area contributed by atoms with Crippen molar-refractivity contribution in [2.45, 2.75) is 45.9 Å². The number of ether oxygens (including phenoxy) is 3. The van der Waals surface area contributed by atoms with Crippen LogP contribution in [0.4, 0.5) is 0 Å². The molecular weight excluding hydrogens is 476 g/mol. The lowest BCUT2D eigenvalue weighted by Crippen LogP contribution is -2.35. The van der Waals surface area contributed by atoms with Gasteiger partial charge in [0.15, 0.2) is 5.84 Å². The molecule has 0 amide bonds. The van der Waals surface area contributed by atoms with Gasteiger partial charge in [0, 0.05) is 42.1 Å². The molecule has 1 atom stereocenters. The second-order valence-electron chi connectivity index (χ2n) is 8.73. The van der Waals surface area contributed by atoms with Gasteiger partial charge in [-0.25, -0.2) is 4.98 Å². The van der Waals surface area contributed by atoms with Gasteiger partial charge in [-0.1, -0.05) is 18.5 Å². The third kappa shape index (κ3) is 6.96. The van der Waals surface area contributed by atoms with Crippen molar-refractivity contribution in [3.63, 3.8) is 0 Å². The summed E-state index contributed by atoms with van der Waals surface area (Å²) in [6.07, 6.45) is 2.35. The third-order valence-corrected chi connectivity index (χ3v) is 6.94. The Morgan fingerprint density at radius 3 is 2.36 bits per heavy atom. The van der Waals surface area contributed by atoms with Crippen molar-refractivity contribution < 1.29 is 19.4 Å². The molecule has 2 aromatic carbocycles. The summed E-state index contributed by atoms with van der Waals surface area (Å²) < 4.78 is 17.8. The van der Waals surface area contributed by atoms with Gasteiger partial charge >= 0.3 is 0 Å². The number of hydrogen-bond donors (Lipinski definition) is 2. The van der Waals surface area contributed by atoms with Gasteiger partial charge in [-0.3, -0.25) is 4.90 Å². The van der Waals surface area contributed by atoms with Gasteiger partial charge in [0.25, 0.3) is 0 Å². The van der Waals surface area contributed by atoms with Crippen LogP contribution in [0.25, 0.3) is 11.3 Å². The number of rotatable bonds is 11. The summed E-state index contributed by atoms with van der Waals surface area (Å²) in [5, 5.41) is 12.9. The Balaban J connectivity index is 1.44. The van der Waals surface area contributed by atoms with E-state index in [9.17, 15) is 0 Å². The smallest absolute Gasteiger partial charge is 0.241 e. The van der Waals surface area contributed by atoms with E-state index in [1.807, 2.05) is 12.1 Å². The number of morpholine rings is 1. The van der Waals surface area contributed by atoms with Crippen LogP contribution in [0, 0.1) is 6.92 Å². The van der Waals surface area contributed by atoms with Crippen molar-refractivity contribution in [2.24, 2.45) is 10.9 Å². The van der Waals surface area contributed by atoms with Crippen molar-refractivity contribution >= 4 is 17.2 Å². The van der Waals surface area contributed by atoms with Crippen LogP contribution in [-0.4, -0.2) is 53.5 Å². The Hall–Kier alpha value is -3.14. The molecule has 1 fully saturated rings. The minimum absolute atomic E-state index is 0.0591. The minimum atomic E-state index is -0.427. The summed E-state index contributed by atoms with van der Waals surface area (Å²) in [4.78, 5) is 8.52. The van der Waals surface area contributed by atoms with Gasteiger partial charge in [0.1, 0.15) is 11.5 Å². The highest BCUT2D eigenvalue weighted by atomic mass is 32.1. The van der Waals surface area contributed by atoms with Gasteiger partial charge in [-0.2, -0.15) is 0 Å². The van der Waals surface area contributed by atoms with Crippen molar-refractivity contribution in [3.05, 3.63) is 64.0 Å². The van der Waals surface area contributed by atoms with Gasteiger partial charge < -0.3 is 25.2 Å². The Bertz CT molecular complexity index is 1130. The SMILES string of the molecule is CCCCC(Oc1ccc(C(N)=NO)cc1)Oc1ccc(-c2nc(C)sc2CN2CCOCC2)cc1. The molecule has 36 heavy (non-hydrogen) atoms. The summed E-state index contributed by atoms with van der Waals surface area (Å²) in [6.45, 7) is 8.57. The molecule has 0 radical (unpaired) electrons. The maximum atomic E-state index is 8.85. The highest BCUT2D eigenvalue weighted by Gasteiger charge is 2.18. The van der Waals surface area contributed by atoms with E-state index in [0.717, 1.165) is 74.1 Å². The maximum Gasteiger partial charge on any atom is 0.241 e.